The standard InChI is InChI=1S/C10H11ClO3S/c1-7(12)6-8-9(11)4-3-5-10(8)15(2,13)14/h3-5H,6H2,1-2H3. The molecule has 3 nitrogen and oxygen atoms in total. The summed E-state index contributed by atoms with van der Waals surface area (Å²) in [6, 6.07) is 4.59. The molecule has 0 aliphatic rings. The molecule has 0 fully saturated rings. The second kappa shape index (κ2) is 4.33. The highest BCUT2D eigenvalue weighted by Crippen LogP contribution is 2.24. The van der Waals surface area contributed by atoms with Crippen LogP contribution in [0.25, 0.3) is 0 Å². The lowest BCUT2D eigenvalue weighted by molar-refractivity contribution is -0.116. The van der Waals surface area contributed by atoms with Crippen molar-refractivity contribution in [2.24, 2.45) is 0 Å². The van der Waals surface area contributed by atoms with E-state index in [4.69, 9.17) is 11.6 Å². The van der Waals surface area contributed by atoms with E-state index in [2.05, 4.69) is 0 Å². The number of sulfone groups is 1. The normalized spacial score (nSPS) is 11.4. The highest BCUT2D eigenvalue weighted by Gasteiger charge is 2.16. The van der Waals surface area contributed by atoms with Crippen molar-refractivity contribution in [1.82, 2.24) is 0 Å². The van der Waals surface area contributed by atoms with Crippen LogP contribution in [-0.2, 0) is 21.1 Å². The van der Waals surface area contributed by atoms with E-state index < -0.39 is 9.84 Å². The number of carbonyl (C=O) groups excluding carboxylic acids is 1. The van der Waals surface area contributed by atoms with Crippen LogP contribution in [0, 0.1) is 0 Å². The third-order valence-electron chi connectivity index (χ3n) is 1.90. The summed E-state index contributed by atoms with van der Waals surface area (Å²) in [5, 5.41) is 0.313. The summed E-state index contributed by atoms with van der Waals surface area (Å²) < 4.78 is 22.8. The molecular weight excluding hydrogens is 236 g/mol. The Morgan fingerprint density at radius 1 is 1.40 bits per heavy atom. The fourth-order valence-corrected chi connectivity index (χ4v) is 2.56. The van der Waals surface area contributed by atoms with Gasteiger partial charge in [-0.1, -0.05) is 17.7 Å². The molecule has 0 N–H and O–H groups in total. The first-order valence-corrected chi connectivity index (χ1v) is 6.56. The molecule has 15 heavy (non-hydrogen) atoms. The molecular formula is C10H11ClO3S. The summed E-state index contributed by atoms with van der Waals surface area (Å²) in [6.45, 7) is 1.40. The minimum atomic E-state index is -3.34. The fraction of sp³-hybridized carbons (Fsp3) is 0.300. The van der Waals surface area contributed by atoms with Crippen molar-refractivity contribution in [1.29, 1.82) is 0 Å². The first kappa shape index (κ1) is 12.2. The Morgan fingerprint density at radius 2 is 2.00 bits per heavy atom. The van der Waals surface area contributed by atoms with Crippen LogP contribution in [-0.4, -0.2) is 20.5 Å². The summed E-state index contributed by atoms with van der Waals surface area (Å²) in [7, 11) is -3.34. The molecule has 82 valence electrons. The molecule has 5 heteroatoms. The molecule has 0 aliphatic heterocycles. The molecule has 0 spiro atoms. The summed E-state index contributed by atoms with van der Waals surface area (Å²) in [5.41, 5.74) is 0.383. The van der Waals surface area contributed by atoms with Crippen molar-refractivity contribution < 1.29 is 13.2 Å². The molecule has 1 aromatic carbocycles. The van der Waals surface area contributed by atoms with Crippen molar-refractivity contribution in [3.63, 3.8) is 0 Å². The van der Waals surface area contributed by atoms with Crippen LogP contribution in [0.1, 0.15) is 12.5 Å². The van der Waals surface area contributed by atoms with Crippen molar-refractivity contribution in [3.8, 4) is 0 Å². The van der Waals surface area contributed by atoms with Crippen LogP contribution in [0.5, 0.6) is 0 Å². The number of Topliss-reactive ketones (excluding diaryl/α,β-unsaturated/α-hetero) is 1. The number of benzene rings is 1. The van der Waals surface area contributed by atoms with Crippen molar-refractivity contribution >= 4 is 27.2 Å². The van der Waals surface area contributed by atoms with E-state index in [1.54, 1.807) is 12.1 Å². The monoisotopic (exact) mass is 246 g/mol. The Kier molecular flexibility index (Phi) is 3.52. The van der Waals surface area contributed by atoms with Gasteiger partial charge in [-0.15, -0.1) is 0 Å². The minimum Gasteiger partial charge on any atom is -0.300 e. The van der Waals surface area contributed by atoms with Gasteiger partial charge in [0, 0.05) is 17.7 Å². The van der Waals surface area contributed by atoms with E-state index in [1.807, 2.05) is 0 Å². The zero-order valence-corrected chi connectivity index (χ0v) is 10.0. The highest BCUT2D eigenvalue weighted by atomic mass is 35.5. The molecule has 1 rings (SSSR count). The molecule has 0 saturated heterocycles. The maximum absolute atomic E-state index is 11.4. The molecule has 0 bridgehead atoms. The second-order valence-electron chi connectivity index (χ2n) is 3.37. The van der Waals surface area contributed by atoms with E-state index in [1.165, 1.54) is 13.0 Å². The van der Waals surface area contributed by atoms with E-state index in [-0.39, 0.29) is 17.1 Å². The number of rotatable bonds is 3. The molecule has 0 atom stereocenters. The number of halogens is 1. The van der Waals surface area contributed by atoms with Crippen LogP contribution in [0.2, 0.25) is 5.02 Å². The van der Waals surface area contributed by atoms with E-state index in [0.717, 1.165) is 6.26 Å². The van der Waals surface area contributed by atoms with Crippen LogP contribution in [0.4, 0.5) is 0 Å². The predicted octanol–water partition coefficient (Wildman–Crippen LogP) is 1.88. The molecule has 0 saturated carbocycles. The summed E-state index contributed by atoms with van der Waals surface area (Å²) in [6.07, 6.45) is 1.14. The van der Waals surface area contributed by atoms with Gasteiger partial charge >= 0.3 is 0 Å². The Labute approximate surface area is 94.0 Å². The number of hydrogen-bond acceptors (Lipinski definition) is 3. The minimum absolute atomic E-state index is 0.0437. The lowest BCUT2D eigenvalue weighted by atomic mass is 10.1. The zero-order valence-electron chi connectivity index (χ0n) is 8.45. The van der Waals surface area contributed by atoms with Gasteiger partial charge in [-0.25, -0.2) is 8.42 Å². The van der Waals surface area contributed by atoms with E-state index >= 15 is 0 Å². The maximum Gasteiger partial charge on any atom is 0.175 e. The number of ketones is 1. The molecule has 0 aromatic heterocycles. The topological polar surface area (TPSA) is 51.2 Å². The van der Waals surface area contributed by atoms with Crippen LogP contribution in [0.3, 0.4) is 0 Å². The predicted molar refractivity (Wildman–Crippen MR) is 58.9 cm³/mol. The van der Waals surface area contributed by atoms with Crippen molar-refractivity contribution in [2.75, 3.05) is 6.26 Å². The molecule has 0 amide bonds. The third kappa shape index (κ3) is 3.04. The van der Waals surface area contributed by atoms with Gasteiger partial charge in [0.1, 0.15) is 5.78 Å². The molecule has 0 heterocycles. The number of carbonyl (C=O) groups is 1. The Bertz CT molecular complexity index is 491. The largest absolute Gasteiger partial charge is 0.300 e. The van der Waals surface area contributed by atoms with Crippen LogP contribution < -0.4 is 0 Å². The molecule has 0 radical (unpaired) electrons. The van der Waals surface area contributed by atoms with Crippen molar-refractivity contribution in [3.05, 3.63) is 28.8 Å². The first-order chi connectivity index (χ1) is 6.82. The quantitative estimate of drug-likeness (QED) is 0.818. The zero-order chi connectivity index (χ0) is 11.6. The van der Waals surface area contributed by atoms with Gasteiger partial charge < -0.3 is 0 Å². The van der Waals surface area contributed by atoms with Gasteiger partial charge in [0.25, 0.3) is 0 Å². The van der Waals surface area contributed by atoms with Gasteiger partial charge in [0.2, 0.25) is 0 Å². The van der Waals surface area contributed by atoms with Gasteiger partial charge in [0.05, 0.1) is 4.90 Å². The highest BCUT2D eigenvalue weighted by molar-refractivity contribution is 7.90. The van der Waals surface area contributed by atoms with Gasteiger partial charge in [-0.05, 0) is 24.6 Å². The molecule has 0 aliphatic carbocycles. The Balaban J connectivity index is 3.40. The Morgan fingerprint density at radius 3 is 2.47 bits per heavy atom. The SMILES string of the molecule is CC(=O)Cc1c(Cl)cccc1S(C)(=O)=O. The maximum atomic E-state index is 11.4. The average Bonchev–Trinajstić information content (AvgIpc) is 2.05. The second-order valence-corrected chi connectivity index (χ2v) is 5.76. The molecule has 0 unspecified atom stereocenters. The fourth-order valence-electron chi connectivity index (χ4n) is 1.31. The summed E-state index contributed by atoms with van der Waals surface area (Å²) in [5.74, 6) is -0.118. The van der Waals surface area contributed by atoms with E-state index in [0.29, 0.717) is 10.6 Å². The van der Waals surface area contributed by atoms with Crippen molar-refractivity contribution in [2.45, 2.75) is 18.2 Å². The van der Waals surface area contributed by atoms with Crippen LogP contribution >= 0.6 is 11.6 Å². The summed E-state index contributed by atoms with van der Waals surface area (Å²) >= 11 is 5.86. The average molecular weight is 247 g/mol. The first-order valence-electron chi connectivity index (χ1n) is 4.29. The lowest BCUT2D eigenvalue weighted by Gasteiger charge is -2.07. The Hall–Kier alpha value is -0.870. The van der Waals surface area contributed by atoms with Crippen LogP contribution in [0.15, 0.2) is 23.1 Å². The lowest BCUT2D eigenvalue weighted by Crippen LogP contribution is -2.06. The van der Waals surface area contributed by atoms with Gasteiger partial charge in [-0.3, -0.25) is 4.79 Å². The smallest absolute Gasteiger partial charge is 0.175 e. The molecule has 1 aromatic rings. The third-order valence-corrected chi connectivity index (χ3v) is 3.44. The van der Waals surface area contributed by atoms with Gasteiger partial charge in [0.15, 0.2) is 9.84 Å². The number of hydrogen-bond donors (Lipinski definition) is 0. The van der Waals surface area contributed by atoms with Gasteiger partial charge in [-0.2, -0.15) is 0 Å². The van der Waals surface area contributed by atoms with E-state index in [9.17, 15) is 13.2 Å². The summed E-state index contributed by atoms with van der Waals surface area (Å²) in [4.78, 5) is 11.1.